The molecule has 29 heavy (non-hydrogen) atoms. The molecule has 2 aromatic carbocycles. The van der Waals surface area contributed by atoms with Crippen LogP contribution in [0, 0.1) is 0 Å². The number of benzene rings is 2. The van der Waals surface area contributed by atoms with E-state index in [0.717, 1.165) is 28.0 Å². The van der Waals surface area contributed by atoms with Crippen LogP contribution in [0.2, 0.25) is 0 Å². The Hall–Kier alpha value is -2.72. The topological polar surface area (TPSA) is 28.9 Å². The highest BCUT2D eigenvalue weighted by Crippen LogP contribution is 2.26. The Morgan fingerprint density at radius 2 is 1.79 bits per heavy atom. The number of nitrogens with zero attached hydrogens (tertiary/aromatic N) is 2. The van der Waals surface area contributed by atoms with Gasteiger partial charge in [-0.05, 0) is 74.8 Å². The number of furan rings is 1. The fraction of sp³-hybridized carbons (Fsp3) is 0.360. The van der Waals surface area contributed by atoms with Gasteiger partial charge in [-0.25, -0.2) is 0 Å². The van der Waals surface area contributed by atoms with Crippen LogP contribution < -0.4 is 9.64 Å². The lowest BCUT2D eigenvalue weighted by molar-refractivity contribution is 0.172. The van der Waals surface area contributed by atoms with E-state index in [4.69, 9.17) is 9.15 Å². The van der Waals surface area contributed by atoms with E-state index in [1.165, 1.54) is 31.6 Å². The first-order valence-electron chi connectivity index (χ1n) is 10.4. The van der Waals surface area contributed by atoms with Crippen molar-refractivity contribution >= 4 is 28.8 Å². The van der Waals surface area contributed by atoms with Gasteiger partial charge in [-0.1, -0.05) is 18.2 Å². The maximum atomic E-state index is 6.03. The van der Waals surface area contributed by atoms with Gasteiger partial charge in [0.2, 0.25) is 0 Å². The number of rotatable bonds is 7. The molecule has 1 aliphatic heterocycles. The van der Waals surface area contributed by atoms with Crippen LogP contribution in [0.25, 0.3) is 23.1 Å². The van der Waals surface area contributed by atoms with Gasteiger partial charge in [0, 0.05) is 37.3 Å². The molecule has 1 saturated heterocycles. The molecule has 2 heterocycles. The van der Waals surface area contributed by atoms with Gasteiger partial charge in [-0.2, -0.15) is 0 Å². The second kappa shape index (κ2) is 8.75. The minimum Gasteiger partial charge on any atom is -0.492 e. The van der Waals surface area contributed by atoms with Crippen molar-refractivity contribution in [2.24, 2.45) is 0 Å². The molecule has 1 aromatic heterocycles. The van der Waals surface area contributed by atoms with Gasteiger partial charge in [0.05, 0.1) is 0 Å². The fourth-order valence-corrected chi connectivity index (χ4v) is 3.77. The molecule has 1 unspecified atom stereocenters. The number of anilines is 1. The highest BCUT2D eigenvalue weighted by molar-refractivity contribution is 5.83. The second-order valence-electron chi connectivity index (χ2n) is 8.07. The molecular weight excluding hydrogens is 360 g/mol. The lowest BCUT2D eigenvalue weighted by Crippen LogP contribution is -2.34. The van der Waals surface area contributed by atoms with Gasteiger partial charge >= 0.3 is 0 Å². The largest absolute Gasteiger partial charge is 0.492 e. The van der Waals surface area contributed by atoms with E-state index >= 15 is 0 Å². The number of fused-ring (bicyclic) bond motifs is 1. The predicted octanol–water partition coefficient (Wildman–Crippen LogP) is 5.53. The molecule has 0 amide bonds. The summed E-state index contributed by atoms with van der Waals surface area (Å²) in [6.45, 7) is 5.33. The zero-order chi connectivity index (χ0) is 20.2. The lowest BCUT2D eigenvalue weighted by atomic mass is 10.1. The number of hydrogen-bond donors (Lipinski definition) is 0. The van der Waals surface area contributed by atoms with Gasteiger partial charge in [-0.3, -0.25) is 4.90 Å². The Kier molecular flexibility index (Phi) is 5.91. The first-order chi connectivity index (χ1) is 14.1. The summed E-state index contributed by atoms with van der Waals surface area (Å²) in [6, 6.07) is 17.1. The number of likely N-dealkylation sites (tertiary alicyclic amines) is 1. The van der Waals surface area contributed by atoms with Crippen LogP contribution in [0.4, 0.5) is 5.69 Å². The van der Waals surface area contributed by atoms with Crippen molar-refractivity contribution < 1.29 is 9.15 Å². The van der Waals surface area contributed by atoms with E-state index < -0.39 is 0 Å². The van der Waals surface area contributed by atoms with E-state index in [-0.39, 0.29) is 0 Å². The molecule has 4 heteroatoms. The Morgan fingerprint density at radius 1 is 1.03 bits per heavy atom. The first kappa shape index (κ1) is 19.6. The van der Waals surface area contributed by atoms with E-state index in [1.54, 1.807) is 0 Å². The lowest BCUT2D eigenvalue weighted by Gasteiger charge is -2.23. The van der Waals surface area contributed by atoms with E-state index in [9.17, 15) is 0 Å². The maximum absolute atomic E-state index is 6.03. The van der Waals surface area contributed by atoms with Gasteiger partial charge in [-0.15, -0.1) is 0 Å². The Bertz CT molecular complexity index is 966. The van der Waals surface area contributed by atoms with Gasteiger partial charge in [0.15, 0.2) is 0 Å². The highest BCUT2D eigenvalue weighted by Gasteiger charge is 2.18. The Morgan fingerprint density at radius 3 is 2.52 bits per heavy atom. The van der Waals surface area contributed by atoms with Crippen LogP contribution in [0.3, 0.4) is 0 Å². The molecular formula is C25H30N2O2. The zero-order valence-corrected chi connectivity index (χ0v) is 17.6. The summed E-state index contributed by atoms with van der Waals surface area (Å²) in [6.07, 6.45) is 6.70. The normalized spacial score (nSPS) is 16.0. The minimum atomic E-state index is 0.446. The SMILES string of the molecule is CC(COc1ccc2cc(/C=C/c3ccc(N(C)C)cc3)oc2c1)N1CCCC1. The van der Waals surface area contributed by atoms with Crippen molar-refractivity contribution in [2.45, 2.75) is 25.8 Å². The maximum Gasteiger partial charge on any atom is 0.138 e. The molecule has 152 valence electrons. The summed E-state index contributed by atoms with van der Waals surface area (Å²) in [5.74, 6) is 1.71. The predicted molar refractivity (Wildman–Crippen MR) is 122 cm³/mol. The van der Waals surface area contributed by atoms with E-state index in [1.807, 2.05) is 32.3 Å². The van der Waals surface area contributed by atoms with E-state index in [0.29, 0.717) is 12.6 Å². The summed E-state index contributed by atoms with van der Waals surface area (Å²) in [7, 11) is 4.09. The first-order valence-corrected chi connectivity index (χ1v) is 10.4. The van der Waals surface area contributed by atoms with Crippen LogP contribution in [0.1, 0.15) is 31.1 Å². The molecule has 0 aliphatic carbocycles. The van der Waals surface area contributed by atoms with Crippen LogP contribution in [-0.2, 0) is 0 Å². The molecule has 1 aliphatic rings. The Balaban J connectivity index is 1.41. The summed E-state index contributed by atoms with van der Waals surface area (Å²) in [5.41, 5.74) is 3.20. The molecule has 3 aromatic rings. The highest BCUT2D eigenvalue weighted by atomic mass is 16.5. The van der Waals surface area contributed by atoms with Crippen molar-refractivity contribution in [1.82, 2.24) is 4.90 Å². The van der Waals surface area contributed by atoms with Crippen LogP contribution in [-0.4, -0.2) is 44.7 Å². The molecule has 0 saturated carbocycles. The quantitative estimate of drug-likeness (QED) is 0.530. The van der Waals surface area contributed by atoms with Crippen LogP contribution >= 0.6 is 0 Å². The molecule has 0 bridgehead atoms. The molecule has 1 fully saturated rings. The minimum absolute atomic E-state index is 0.446. The van der Waals surface area contributed by atoms with Crippen molar-refractivity contribution in [3.63, 3.8) is 0 Å². The summed E-state index contributed by atoms with van der Waals surface area (Å²) < 4.78 is 12.0. The van der Waals surface area contributed by atoms with E-state index in [2.05, 4.69) is 59.2 Å². The summed E-state index contributed by atoms with van der Waals surface area (Å²) in [5, 5.41) is 1.09. The summed E-state index contributed by atoms with van der Waals surface area (Å²) >= 11 is 0. The zero-order valence-electron chi connectivity index (χ0n) is 17.6. The third-order valence-electron chi connectivity index (χ3n) is 5.62. The third-order valence-corrected chi connectivity index (χ3v) is 5.62. The molecule has 4 rings (SSSR count). The van der Waals surface area contributed by atoms with Gasteiger partial charge in [0.25, 0.3) is 0 Å². The van der Waals surface area contributed by atoms with Crippen molar-refractivity contribution in [3.8, 4) is 5.75 Å². The Labute approximate surface area is 173 Å². The van der Waals surface area contributed by atoms with Crippen LogP contribution in [0.15, 0.2) is 52.9 Å². The van der Waals surface area contributed by atoms with Gasteiger partial charge in [0.1, 0.15) is 23.7 Å². The van der Waals surface area contributed by atoms with Crippen LogP contribution in [0.5, 0.6) is 5.75 Å². The standard InChI is InChI=1S/C25H30N2O2/c1-19(27-14-4-5-15-27)18-28-23-13-9-21-16-24(29-25(21)17-23)12-8-20-6-10-22(11-7-20)26(2)3/h6-13,16-17,19H,4-5,14-15,18H2,1-3H3/b12-8+. The smallest absolute Gasteiger partial charge is 0.138 e. The molecule has 4 nitrogen and oxygen atoms in total. The fourth-order valence-electron chi connectivity index (χ4n) is 3.77. The molecule has 1 atom stereocenters. The average Bonchev–Trinajstić information content (AvgIpc) is 3.40. The number of ether oxygens (including phenoxy) is 1. The van der Waals surface area contributed by atoms with Crippen molar-refractivity contribution in [2.75, 3.05) is 38.7 Å². The second-order valence-corrected chi connectivity index (χ2v) is 8.07. The number of hydrogen-bond acceptors (Lipinski definition) is 4. The van der Waals surface area contributed by atoms with Crippen molar-refractivity contribution in [3.05, 3.63) is 59.9 Å². The average molecular weight is 391 g/mol. The van der Waals surface area contributed by atoms with Crippen molar-refractivity contribution in [1.29, 1.82) is 0 Å². The summed E-state index contributed by atoms with van der Waals surface area (Å²) in [4.78, 5) is 4.59. The molecule has 0 spiro atoms. The monoisotopic (exact) mass is 390 g/mol. The third kappa shape index (κ3) is 4.83. The molecule has 0 N–H and O–H groups in total. The van der Waals surface area contributed by atoms with Gasteiger partial charge < -0.3 is 14.1 Å². The molecule has 0 radical (unpaired) electrons.